The summed E-state index contributed by atoms with van der Waals surface area (Å²) in [5.74, 6) is 2.21. The smallest absolute Gasteiger partial charge is 0.306 e. The zero-order valence-electron chi connectivity index (χ0n) is 36.0. The number of nitrogens with zero attached hydrogens (tertiary/aromatic N) is 6. The molecule has 4 N–H and O–H groups in total. The maximum Gasteiger partial charge on any atom is 0.306 e. The molecule has 0 unspecified atom stereocenters. The zero-order chi connectivity index (χ0) is 45.7. The molecular formula is C48H50Cl2N8O7. The number of aliphatic hydroxyl groups is 1. The summed E-state index contributed by atoms with van der Waals surface area (Å²) in [6.45, 7) is 2.80. The van der Waals surface area contributed by atoms with E-state index in [1.54, 1.807) is 38.5 Å². The third kappa shape index (κ3) is 13.0. The van der Waals surface area contributed by atoms with Gasteiger partial charge in [0.15, 0.2) is 0 Å². The number of carboxylic acids is 1. The van der Waals surface area contributed by atoms with Gasteiger partial charge in [-0.1, -0.05) is 83.9 Å². The lowest BCUT2D eigenvalue weighted by Crippen LogP contribution is -2.38. The first-order chi connectivity index (χ1) is 31.5. The Morgan fingerprint density at radius 3 is 1.49 bits per heavy atom. The number of piperidine rings is 2. The number of nitrogens with one attached hydrogen (secondary N) is 2. The molecule has 2 saturated heterocycles. The lowest BCUT2D eigenvalue weighted by atomic mass is 10.1. The van der Waals surface area contributed by atoms with Crippen molar-refractivity contribution in [3.63, 3.8) is 0 Å². The van der Waals surface area contributed by atoms with Crippen molar-refractivity contribution >= 4 is 70.0 Å². The number of methoxy groups -OCH3 is 2. The zero-order valence-corrected chi connectivity index (χ0v) is 37.5. The van der Waals surface area contributed by atoms with E-state index in [1.807, 2.05) is 84.9 Å². The second-order valence-corrected chi connectivity index (χ2v) is 16.2. The molecule has 8 rings (SSSR count). The first-order valence-corrected chi connectivity index (χ1v) is 22.0. The Balaban J connectivity index is 0.000000198. The number of carbonyl (C=O) groups excluding carboxylic acids is 1. The molecule has 0 bridgehead atoms. The number of anilines is 6. The molecule has 15 nitrogen and oxygen atoms in total. The van der Waals surface area contributed by atoms with E-state index in [9.17, 15) is 14.7 Å². The van der Waals surface area contributed by atoms with Crippen molar-refractivity contribution < 1.29 is 34.0 Å². The average molecular weight is 922 g/mol. The maximum absolute atomic E-state index is 11.9. The fourth-order valence-electron chi connectivity index (χ4n) is 7.32. The summed E-state index contributed by atoms with van der Waals surface area (Å²) < 4.78 is 15.9. The van der Waals surface area contributed by atoms with Crippen LogP contribution in [-0.2, 0) is 14.3 Å². The summed E-state index contributed by atoms with van der Waals surface area (Å²) >= 11 is 12.5. The van der Waals surface area contributed by atoms with Crippen molar-refractivity contribution in [2.75, 3.05) is 60.8 Å². The summed E-state index contributed by atoms with van der Waals surface area (Å²) in [5.41, 5.74) is 5.09. The topological polar surface area (TPSA) is 184 Å². The van der Waals surface area contributed by atoms with Crippen molar-refractivity contribution in [1.29, 1.82) is 0 Å². The van der Waals surface area contributed by atoms with E-state index in [1.165, 1.54) is 0 Å². The Bertz CT molecular complexity index is 2540. The SMILES string of the molecule is COc1ccc(Nc2nc(-c3ccccc3)cc(N3CCC(O)CC3)n2)cc1Cl.COc1ccc(Nc2nc(-c3ccccc3)cc(N3CCC(OC(=O)CCC(=O)O)CC3)n2)cc1Cl. The van der Waals surface area contributed by atoms with Crippen LogP contribution in [0.1, 0.15) is 38.5 Å². The number of aliphatic hydroxyl groups excluding tert-OH is 1. The molecule has 4 heterocycles. The van der Waals surface area contributed by atoms with Gasteiger partial charge in [-0.05, 0) is 49.2 Å². The molecule has 0 spiro atoms. The Morgan fingerprint density at radius 2 is 1.08 bits per heavy atom. The molecule has 4 aromatic carbocycles. The third-order valence-corrected chi connectivity index (χ3v) is 11.4. The molecule has 0 aliphatic carbocycles. The number of carboxylic acid groups (broad SMARTS) is 1. The van der Waals surface area contributed by atoms with Crippen molar-refractivity contribution in [1.82, 2.24) is 19.9 Å². The van der Waals surface area contributed by atoms with Crippen LogP contribution in [0, 0.1) is 0 Å². The molecule has 0 saturated carbocycles. The monoisotopic (exact) mass is 920 g/mol. The highest BCUT2D eigenvalue weighted by atomic mass is 35.5. The number of aliphatic carboxylic acids is 1. The second-order valence-electron chi connectivity index (χ2n) is 15.3. The van der Waals surface area contributed by atoms with Crippen LogP contribution in [0.15, 0.2) is 109 Å². The van der Waals surface area contributed by atoms with E-state index in [-0.39, 0.29) is 25.0 Å². The minimum Gasteiger partial charge on any atom is -0.495 e. The predicted molar refractivity (Wildman–Crippen MR) is 253 cm³/mol. The summed E-state index contributed by atoms with van der Waals surface area (Å²) in [5, 5.41) is 26.1. The van der Waals surface area contributed by atoms with Gasteiger partial charge in [-0.3, -0.25) is 9.59 Å². The number of rotatable bonds is 14. The lowest BCUT2D eigenvalue weighted by molar-refractivity contribution is -0.152. The van der Waals surface area contributed by atoms with Gasteiger partial charge >= 0.3 is 11.9 Å². The number of benzene rings is 4. The number of halogens is 2. The Hall–Kier alpha value is -6.68. The van der Waals surface area contributed by atoms with E-state index >= 15 is 0 Å². The number of carbonyl (C=O) groups is 2. The molecule has 2 aromatic heterocycles. The first kappa shape index (κ1) is 46.3. The van der Waals surface area contributed by atoms with Gasteiger partial charge in [0, 0.05) is 73.7 Å². The molecule has 6 aromatic rings. The Morgan fingerprint density at radius 1 is 0.631 bits per heavy atom. The highest BCUT2D eigenvalue weighted by molar-refractivity contribution is 6.32. The highest BCUT2D eigenvalue weighted by Crippen LogP contribution is 2.33. The summed E-state index contributed by atoms with van der Waals surface area (Å²) in [6, 6.07) is 34.6. The fraction of sp³-hybridized carbons (Fsp3) is 0.292. The van der Waals surface area contributed by atoms with Gasteiger partial charge in [0.05, 0.1) is 54.6 Å². The van der Waals surface area contributed by atoms with Crippen molar-refractivity contribution in [3.8, 4) is 34.0 Å². The largest absolute Gasteiger partial charge is 0.495 e. The second kappa shape index (κ2) is 22.3. The molecule has 338 valence electrons. The predicted octanol–water partition coefficient (Wildman–Crippen LogP) is 9.44. The van der Waals surface area contributed by atoms with Crippen molar-refractivity contribution in [2.24, 2.45) is 0 Å². The Labute approximate surface area is 387 Å². The summed E-state index contributed by atoms with van der Waals surface area (Å²) in [7, 11) is 3.15. The van der Waals surface area contributed by atoms with Crippen LogP contribution in [-0.4, -0.2) is 94.7 Å². The van der Waals surface area contributed by atoms with Gasteiger partial charge in [-0.25, -0.2) is 9.97 Å². The van der Waals surface area contributed by atoms with Crippen LogP contribution in [0.4, 0.5) is 34.9 Å². The molecule has 17 heteroatoms. The Kier molecular flexibility index (Phi) is 15.9. The minimum atomic E-state index is -1.01. The van der Waals surface area contributed by atoms with E-state index in [2.05, 4.69) is 20.4 Å². The van der Waals surface area contributed by atoms with Crippen LogP contribution in [0.5, 0.6) is 11.5 Å². The van der Waals surface area contributed by atoms with Crippen LogP contribution in [0.2, 0.25) is 10.0 Å². The minimum absolute atomic E-state index is 0.119. The van der Waals surface area contributed by atoms with E-state index in [0.717, 1.165) is 71.5 Å². The molecule has 65 heavy (non-hydrogen) atoms. The molecule has 0 atom stereocenters. The van der Waals surface area contributed by atoms with E-state index in [4.69, 9.17) is 62.5 Å². The molecule has 2 aliphatic rings. The third-order valence-electron chi connectivity index (χ3n) is 10.8. The molecule has 2 fully saturated rings. The highest BCUT2D eigenvalue weighted by Gasteiger charge is 2.25. The summed E-state index contributed by atoms with van der Waals surface area (Å²) in [6.07, 6.45) is 1.91. The normalized spacial score (nSPS) is 14.2. The quantitative estimate of drug-likeness (QED) is 0.0757. The van der Waals surface area contributed by atoms with Gasteiger partial charge in [0.2, 0.25) is 11.9 Å². The van der Waals surface area contributed by atoms with E-state index < -0.39 is 11.9 Å². The van der Waals surface area contributed by atoms with Crippen molar-refractivity contribution in [3.05, 3.63) is 119 Å². The number of ether oxygens (including phenoxy) is 3. The lowest BCUT2D eigenvalue weighted by Gasteiger charge is -2.32. The van der Waals surface area contributed by atoms with Crippen LogP contribution >= 0.6 is 23.2 Å². The first-order valence-electron chi connectivity index (χ1n) is 21.2. The van der Waals surface area contributed by atoms with Crippen LogP contribution < -0.4 is 29.9 Å². The standard InChI is InChI=1S/C26H27ClN4O5.C22H23ClN4O2/c1-35-22-8-7-18(15-20(22)27)28-26-29-21(17-5-3-2-4-6-17)16-23(30-26)31-13-11-19(12-14-31)36-25(34)10-9-24(32)33;1-29-20-8-7-16(13-18(20)23)24-22-25-19(15-5-3-2-4-6-15)14-21(26-22)27-11-9-17(28)10-12-27/h2-8,15-16,19H,9-14H2,1H3,(H,32,33)(H,28,29,30);2-8,13-14,17,28H,9-12H2,1H3,(H,24,25,26). The van der Waals surface area contributed by atoms with Gasteiger partial charge in [-0.2, -0.15) is 9.97 Å². The van der Waals surface area contributed by atoms with Crippen LogP contribution in [0.25, 0.3) is 22.5 Å². The number of aromatic nitrogens is 4. The van der Waals surface area contributed by atoms with Crippen LogP contribution in [0.3, 0.4) is 0 Å². The molecule has 0 radical (unpaired) electrons. The summed E-state index contributed by atoms with van der Waals surface area (Å²) in [4.78, 5) is 45.8. The van der Waals surface area contributed by atoms with Gasteiger partial charge in [0.25, 0.3) is 0 Å². The fourth-order valence-corrected chi connectivity index (χ4v) is 7.83. The number of esters is 1. The number of hydrogen-bond acceptors (Lipinski definition) is 14. The van der Waals surface area contributed by atoms with Gasteiger partial charge in [-0.15, -0.1) is 0 Å². The molecule has 2 aliphatic heterocycles. The van der Waals surface area contributed by atoms with Crippen molar-refractivity contribution in [2.45, 2.75) is 50.7 Å². The number of hydrogen-bond donors (Lipinski definition) is 4. The maximum atomic E-state index is 11.9. The van der Waals surface area contributed by atoms with Gasteiger partial charge in [0.1, 0.15) is 29.2 Å². The van der Waals surface area contributed by atoms with Gasteiger partial charge < -0.3 is 44.9 Å². The van der Waals surface area contributed by atoms with E-state index in [0.29, 0.717) is 59.4 Å². The molecular weight excluding hydrogens is 871 g/mol. The molecule has 0 amide bonds. The average Bonchev–Trinajstić information content (AvgIpc) is 3.32.